The molecule has 1 amide bonds. The molecule has 0 spiro atoms. The molecule has 2 aromatic carbocycles. The number of ether oxygens (including phenoxy) is 1. The number of carbonyl (C=O) groups is 1. The van der Waals surface area contributed by atoms with Crippen LogP contribution in [0.4, 0.5) is 10.1 Å². The minimum Gasteiger partial charge on any atom is -0.494 e. The summed E-state index contributed by atoms with van der Waals surface area (Å²) in [5, 5.41) is 2.83. The molecule has 1 saturated heterocycles. The number of hydrogen-bond acceptors (Lipinski definition) is 3. The first-order chi connectivity index (χ1) is 12.6. The van der Waals surface area contributed by atoms with Gasteiger partial charge in [0.25, 0.3) is 5.91 Å². The summed E-state index contributed by atoms with van der Waals surface area (Å²) < 4.78 is 18.6. The van der Waals surface area contributed by atoms with Gasteiger partial charge in [0.05, 0.1) is 7.11 Å². The first kappa shape index (κ1) is 18.2. The van der Waals surface area contributed by atoms with E-state index in [1.165, 1.54) is 37.8 Å². The Kier molecular flexibility index (Phi) is 5.76. The molecule has 1 fully saturated rings. The van der Waals surface area contributed by atoms with E-state index in [1.807, 2.05) is 12.1 Å². The van der Waals surface area contributed by atoms with Crippen molar-refractivity contribution >= 4 is 11.6 Å². The van der Waals surface area contributed by atoms with Crippen molar-refractivity contribution in [1.29, 1.82) is 0 Å². The van der Waals surface area contributed by atoms with Gasteiger partial charge in [-0.05, 0) is 54.7 Å². The molecule has 2 aromatic rings. The number of benzene rings is 2. The summed E-state index contributed by atoms with van der Waals surface area (Å²) in [6.45, 7) is 4.89. The molecule has 1 heterocycles. The lowest BCUT2D eigenvalue weighted by molar-refractivity contribution is 0.0950. The highest BCUT2D eigenvalue weighted by atomic mass is 19.1. The second-order valence-corrected chi connectivity index (χ2v) is 6.89. The average Bonchev–Trinajstić information content (AvgIpc) is 2.66. The predicted octanol–water partition coefficient (Wildman–Crippen LogP) is 4.00. The molecule has 1 aliphatic heterocycles. The van der Waals surface area contributed by atoms with Gasteiger partial charge in [0, 0.05) is 30.9 Å². The van der Waals surface area contributed by atoms with E-state index in [9.17, 15) is 9.18 Å². The Balaban J connectivity index is 1.57. The van der Waals surface area contributed by atoms with Gasteiger partial charge < -0.3 is 15.0 Å². The molecule has 26 heavy (non-hydrogen) atoms. The number of methoxy groups -OCH3 is 1. The lowest BCUT2D eigenvalue weighted by atomic mass is 9.99. The topological polar surface area (TPSA) is 41.6 Å². The lowest BCUT2D eigenvalue weighted by Gasteiger charge is -2.32. The van der Waals surface area contributed by atoms with E-state index in [-0.39, 0.29) is 17.2 Å². The van der Waals surface area contributed by atoms with Crippen molar-refractivity contribution in [2.24, 2.45) is 5.92 Å². The van der Waals surface area contributed by atoms with Crippen molar-refractivity contribution < 1.29 is 13.9 Å². The highest BCUT2D eigenvalue weighted by Gasteiger charge is 2.16. The highest BCUT2D eigenvalue weighted by Crippen LogP contribution is 2.23. The average molecular weight is 356 g/mol. The van der Waals surface area contributed by atoms with Crippen LogP contribution in [0.5, 0.6) is 5.75 Å². The van der Waals surface area contributed by atoms with E-state index in [0.717, 1.165) is 24.6 Å². The molecule has 0 radical (unpaired) electrons. The minimum atomic E-state index is -0.541. The molecule has 1 aliphatic rings. The Morgan fingerprint density at radius 2 is 2.04 bits per heavy atom. The molecule has 3 rings (SSSR count). The van der Waals surface area contributed by atoms with Crippen LogP contribution in [-0.4, -0.2) is 26.1 Å². The van der Waals surface area contributed by atoms with Gasteiger partial charge in [-0.2, -0.15) is 0 Å². The van der Waals surface area contributed by atoms with Gasteiger partial charge in [-0.25, -0.2) is 4.39 Å². The van der Waals surface area contributed by atoms with E-state index in [4.69, 9.17) is 4.74 Å². The van der Waals surface area contributed by atoms with Gasteiger partial charge in [-0.15, -0.1) is 0 Å². The molecule has 4 nitrogen and oxygen atoms in total. The number of amides is 1. The molecule has 1 atom stereocenters. The van der Waals surface area contributed by atoms with Crippen molar-refractivity contribution in [2.75, 3.05) is 25.1 Å². The molecule has 0 aromatic heterocycles. The number of anilines is 1. The number of rotatable bonds is 5. The van der Waals surface area contributed by atoms with E-state index < -0.39 is 5.82 Å². The molecular weight excluding hydrogens is 331 g/mol. The third kappa shape index (κ3) is 4.34. The van der Waals surface area contributed by atoms with Gasteiger partial charge in [-0.1, -0.05) is 19.1 Å². The third-order valence-corrected chi connectivity index (χ3v) is 4.83. The number of halogens is 1. The monoisotopic (exact) mass is 356 g/mol. The van der Waals surface area contributed by atoms with Gasteiger partial charge in [0.2, 0.25) is 0 Å². The van der Waals surface area contributed by atoms with Crippen LogP contribution in [0.2, 0.25) is 0 Å². The summed E-state index contributed by atoms with van der Waals surface area (Å²) in [5.41, 5.74) is 2.52. The molecule has 1 unspecified atom stereocenters. The third-order valence-electron chi connectivity index (χ3n) is 4.83. The second-order valence-electron chi connectivity index (χ2n) is 6.89. The molecular formula is C21H25FN2O2. The smallest absolute Gasteiger partial charge is 0.251 e. The summed E-state index contributed by atoms with van der Waals surface area (Å²) in [5.74, 6) is 0.0116. The van der Waals surface area contributed by atoms with Gasteiger partial charge in [0.1, 0.15) is 0 Å². The van der Waals surface area contributed by atoms with Crippen molar-refractivity contribution in [2.45, 2.75) is 26.3 Å². The zero-order chi connectivity index (χ0) is 18.5. The minimum absolute atomic E-state index is 0.129. The number of carbonyl (C=O) groups excluding carboxylic acids is 1. The van der Waals surface area contributed by atoms with Crippen LogP contribution < -0.4 is 15.0 Å². The van der Waals surface area contributed by atoms with Crippen LogP contribution in [0.15, 0.2) is 42.5 Å². The van der Waals surface area contributed by atoms with Crippen LogP contribution in [0, 0.1) is 11.7 Å². The fraction of sp³-hybridized carbons (Fsp3) is 0.381. The lowest BCUT2D eigenvalue weighted by Crippen LogP contribution is -2.34. The number of hydrogen-bond donors (Lipinski definition) is 1. The maximum atomic E-state index is 13.7. The van der Waals surface area contributed by atoms with E-state index in [2.05, 4.69) is 29.3 Å². The van der Waals surface area contributed by atoms with E-state index in [0.29, 0.717) is 6.54 Å². The van der Waals surface area contributed by atoms with Crippen molar-refractivity contribution in [3.63, 3.8) is 0 Å². The van der Waals surface area contributed by atoms with Gasteiger partial charge >= 0.3 is 0 Å². The van der Waals surface area contributed by atoms with Crippen LogP contribution >= 0.6 is 0 Å². The quantitative estimate of drug-likeness (QED) is 0.880. The van der Waals surface area contributed by atoms with Crippen molar-refractivity contribution in [1.82, 2.24) is 5.32 Å². The van der Waals surface area contributed by atoms with Crippen LogP contribution in [0.25, 0.3) is 0 Å². The van der Waals surface area contributed by atoms with Crippen LogP contribution in [-0.2, 0) is 6.54 Å². The zero-order valence-corrected chi connectivity index (χ0v) is 15.3. The van der Waals surface area contributed by atoms with Crippen molar-refractivity contribution in [3.05, 3.63) is 59.4 Å². The Hall–Kier alpha value is -2.56. The Labute approximate surface area is 154 Å². The Bertz CT molecular complexity index is 761. The Morgan fingerprint density at radius 1 is 1.27 bits per heavy atom. The van der Waals surface area contributed by atoms with Crippen LogP contribution in [0.1, 0.15) is 35.7 Å². The maximum Gasteiger partial charge on any atom is 0.251 e. The van der Waals surface area contributed by atoms with Gasteiger partial charge in [0.15, 0.2) is 11.6 Å². The number of nitrogens with zero attached hydrogens (tertiary/aromatic N) is 1. The summed E-state index contributed by atoms with van der Waals surface area (Å²) in [6, 6.07) is 12.5. The van der Waals surface area contributed by atoms with Crippen molar-refractivity contribution in [3.8, 4) is 5.75 Å². The number of nitrogens with one attached hydrogen (secondary N) is 1. The molecule has 5 heteroatoms. The SMILES string of the molecule is COc1ccc(C(=O)NCc2ccc(N3CCCC(C)C3)cc2)cc1F. The number of piperidine rings is 1. The molecule has 0 bridgehead atoms. The Morgan fingerprint density at radius 3 is 2.69 bits per heavy atom. The fourth-order valence-corrected chi connectivity index (χ4v) is 3.34. The summed E-state index contributed by atoms with van der Waals surface area (Å²) >= 11 is 0. The maximum absolute atomic E-state index is 13.7. The highest BCUT2D eigenvalue weighted by molar-refractivity contribution is 5.94. The summed E-state index contributed by atoms with van der Waals surface area (Å²) in [6.07, 6.45) is 2.53. The largest absolute Gasteiger partial charge is 0.494 e. The van der Waals surface area contributed by atoms with Gasteiger partial charge in [-0.3, -0.25) is 4.79 Å². The van der Waals surface area contributed by atoms with E-state index in [1.54, 1.807) is 6.07 Å². The molecule has 0 aliphatic carbocycles. The van der Waals surface area contributed by atoms with Crippen LogP contribution in [0.3, 0.4) is 0 Å². The fourth-order valence-electron chi connectivity index (χ4n) is 3.34. The standard InChI is InChI=1S/C21H25FN2O2/c1-15-4-3-11-24(14-15)18-8-5-16(6-9-18)13-23-21(25)17-7-10-20(26-2)19(22)12-17/h5-10,12,15H,3-4,11,13-14H2,1-2H3,(H,23,25). The summed E-state index contributed by atoms with van der Waals surface area (Å²) in [7, 11) is 1.40. The first-order valence-corrected chi connectivity index (χ1v) is 9.02. The molecule has 138 valence electrons. The normalized spacial score (nSPS) is 17.0. The zero-order valence-electron chi connectivity index (χ0n) is 15.3. The first-order valence-electron chi connectivity index (χ1n) is 9.02. The predicted molar refractivity (Wildman–Crippen MR) is 101 cm³/mol. The van der Waals surface area contributed by atoms with E-state index >= 15 is 0 Å². The molecule has 1 N–H and O–H groups in total. The second kappa shape index (κ2) is 8.21. The molecule has 0 saturated carbocycles. The summed E-state index contributed by atoms with van der Waals surface area (Å²) in [4.78, 5) is 14.6.